The van der Waals surface area contributed by atoms with E-state index in [2.05, 4.69) is 23.5 Å². The van der Waals surface area contributed by atoms with E-state index in [-0.39, 0.29) is 0 Å². The van der Waals surface area contributed by atoms with Gasteiger partial charge < -0.3 is 19.5 Å². The van der Waals surface area contributed by atoms with Crippen molar-refractivity contribution in [2.24, 2.45) is 0 Å². The quantitative estimate of drug-likeness (QED) is 0.726. The van der Waals surface area contributed by atoms with Crippen LogP contribution in [0.1, 0.15) is 5.56 Å². The van der Waals surface area contributed by atoms with Gasteiger partial charge in [-0.15, -0.1) is 0 Å². The van der Waals surface area contributed by atoms with Crippen molar-refractivity contribution in [3.8, 4) is 17.2 Å². The second-order valence-electron chi connectivity index (χ2n) is 5.39. The van der Waals surface area contributed by atoms with Crippen molar-refractivity contribution in [1.29, 1.82) is 0 Å². The Labute approximate surface area is 142 Å². The molecule has 0 unspecified atom stereocenters. The Morgan fingerprint density at radius 1 is 0.792 bits per heavy atom. The van der Waals surface area contributed by atoms with Crippen LogP contribution >= 0.6 is 0 Å². The SMILES string of the molecule is COc1ccc(OC)c(NCc2c(OC)ccc3ccccc23)c1. The van der Waals surface area contributed by atoms with Gasteiger partial charge in [0.05, 0.1) is 27.0 Å². The first-order valence-corrected chi connectivity index (χ1v) is 7.77. The molecule has 0 atom stereocenters. The number of fused-ring (bicyclic) bond motifs is 1. The molecule has 3 aromatic rings. The summed E-state index contributed by atoms with van der Waals surface area (Å²) in [6, 6.07) is 18.1. The largest absolute Gasteiger partial charge is 0.497 e. The van der Waals surface area contributed by atoms with Crippen LogP contribution in [-0.2, 0) is 6.54 Å². The second-order valence-corrected chi connectivity index (χ2v) is 5.39. The van der Waals surface area contributed by atoms with Gasteiger partial charge in [-0.1, -0.05) is 30.3 Å². The molecule has 24 heavy (non-hydrogen) atoms. The summed E-state index contributed by atoms with van der Waals surface area (Å²) in [6.45, 7) is 0.619. The molecule has 0 amide bonds. The van der Waals surface area contributed by atoms with Gasteiger partial charge in [0.1, 0.15) is 17.2 Å². The van der Waals surface area contributed by atoms with Gasteiger partial charge in [-0.3, -0.25) is 0 Å². The molecule has 3 aromatic carbocycles. The Morgan fingerprint density at radius 3 is 2.29 bits per heavy atom. The minimum absolute atomic E-state index is 0.619. The van der Waals surface area contributed by atoms with Gasteiger partial charge in [-0.05, 0) is 29.0 Å². The smallest absolute Gasteiger partial charge is 0.142 e. The van der Waals surface area contributed by atoms with E-state index < -0.39 is 0 Å². The number of rotatable bonds is 6. The summed E-state index contributed by atoms with van der Waals surface area (Å²) in [4.78, 5) is 0. The van der Waals surface area contributed by atoms with Crippen LogP contribution in [0.2, 0.25) is 0 Å². The normalized spacial score (nSPS) is 10.5. The zero-order valence-corrected chi connectivity index (χ0v) is 14.1. The summed E-state index contributed by atoms with van der Waals surface area (Å²) in [5.41, 5.74) is 1.99. The molecule has 0 saturated heterocycles. The Morgan fingerprint density at radius 2 is 1.54 bits per heavy atom. The lowest BCUT2D eigenvalue weighted by atomic mass is 10.0. The number of methoxy groups -OCH3 is 3. The second kappa shape index (κ2) is 7.13. The van der Waals surface area contributed by atoms with Crippen molar-refractivity contribution < 1.29 is 14.2 Å². The van der Waals surface area contributed by atoms with Crippen LogP contribution in [0, 0.1) is 0 Å². The van der Waals surface area contributed by atoms with Gasteiger partial charge in [-0.2, -0.15) is 0 Å². The van der Waals surface area contributed by atoms with Gasteiger partial charge in [0, 0.05) is 18.2 Å². The molecule has 3 rings (SSSR count). The molecule has 0 fully saturated rings. The number of nitrogens with one attached hydrogen (secondary N) is 1. The molecule has 0 aliphatic carbocycles. The zero-order valence-electron chi connectivity index (χ0n) is 14.1. The predicted octanol–water partition coefficient (Wildman–Crippen LogP) is 4.48. The maximum Gasteiger partial charge on any atom is 0.142 e. The highest BCUT2D eigenvalue weighted by atomic mass is 16.5. The number of hydrogen-bond donors (Lipinski definition) is 1. The van der Waals surface area contributed by atoms with Crippen LogP contribution in [-0.4, -0.2) is 21.3 Å². The fraction of sp³-hybridized carbons (Fsp3) is 0.200. The predicted molar refractivity (Wildman–Crippen MR) is 97.4 cm³/mol. The summed E-state index contributed by atoms with van der Waals surface area (Å²) in [5, 5.41) is 5.80. The van der Waals surface area contributed by atoms with Gasteiger partial charge in [0.2, 0.25) is 0 Å². The van der Waals surface area contributed by atoms with E-state index in [4.69, 9.17) is 14.2 Å². The number of anilines is 1. The van der Waals surface area contributed by atoms with Crippen molar-refractivity contribution in [3.05, 3.63) is 60.2 Å². The van der Waals surface area contributed by atoms with E-state index in [0.29, 0.717) is 6.54 Å². The molecule has 0 aromatic heterocycles. The average molecular weight is 323 g/mol. The first-order valence-electron chi connectivity index (χ1n) is 7.77. The van der Waals surface area contributed by atoms with Gasteiger partial charge >= 0.3 is 0 Å². The Bertz CT molecular complexity index is 845. The third-order valence-electron chi connectivity index (χ3n) is 4.08. The fourth-order valence-corrected chi connectivity index (χ4v) is 2.83. The summed E-state index contributed by atoms with van der Waals surface area (Å²) in [5.74, 6) is 2.42. The minimum atomic E-state index is 0.619. The Kier molecular flexibility index (Phi) is 4.75. The van der Waals surface area contributed by atoms with Gasteiger partial charge in [0.15, 0.2) is 0 Å². The molecule has 0 heterocycles. The molecule has 0 spiro atoms. The third kappa shape index (κ3) is 3.08. The van der Waals surface area contributed by atoms with Crippen molar-refractivity contribution in [3.63, 3.8) is 0 Å². The van der Waals surface area contributed by atoms with E-state index in [0.717, 1.165) is 28.5 Å². The van der Waals surface area contributed by atoms with E-state index in [1.54, 1.807) is 21.3 Å². The number of ether oxygens (including phenoxy) is 3. The summed E-state index contributed by atoms with van der Waals surface area (Å²) in [6.07, 6.45) is 0. The monoisotopic (exact) mass is 323 g/mol. The van der Waals surface area contributed by atoms with Crippen molar-refractivity contribution in [2.45, 2.75) is 6.54 Å². The number of hydrogen-bond acceptors (Lipinski definition) is 4. The van der Waals surface area contributed by atoms with Gasteiger partial charge in [0.25, 0.3) is 0 Å². The first kappa shape index (κ1) is 16.0. The molecule has 124 valence electrons. The molecule has 4 heteroatoms. The van der Waals surface area contributed by atoms with Crippen molar-refractivity contribution in [1.82, 2.24) is 0 Å². The molecule has 0 radical (unpaired) electrons. The topological polar surface area (TPSA) is 39.7 Å². The van der Waals surface area contributed by atoms with Crippen LogP contribution in [0.3, 0.4) is 0 Å². The van der Waals surface area contributed by atoms with Crippen molar-refractivity contribution in [2.75, 3.05) is 26.6 Å². The maximum atomic E-state index is 5.55. The summed E-state index contributed by atoms with van der Waals surface area (Å²) in [7, 11) is 5.00. The van der Waals surface area contributed by atoms with E-state index in [9.17, 15) is 0 Å². The van der Waals surface area contributed by atoms with E-state index >= 15 is 0 Å². The van der Waals surface area contributed by atoms with Gasteiger partial charge in [-0.25, -0.2) is 0 Å². The Balaban J connectivity index is 1.96. The third-order valence-corrected chi connectivity index (χ3v) is 4.08. The molecule has 0 saturated carbocycles. The molecule has 1 N–H and O–H groups in total. The lowest BCUT2D eigenvalue weighted by Gasteiger charge is -2.16. The lowest BCUT2D eigenvalue weighted by molar-refractivity contribution is 0.404. The van der Waals surface area contributed by atoms with Crippen LogP contribution in [0.5, 0.6) is 17.2 Å². The first-order chi connectivity index (χ1) is 11.8. The van der Waals surface area contributed by atoms with Crippen LogP contribution in [0.15, 0.2) is 54.6 Å². The van der Waals surface area contributed by atoms with E-state index in [1.165, 1.54) is 10.8 Å². The summed E-state index contributed by atoms with van der Waals surface area (Å²) >= 11 is 0. The lowest BCUT2D eigenvalue weighted by Crippen LogP contribution is -2.04. The van der Waals surface area contributed by atoms with Crippen molar-refractivity contribution >= 4 is 16.5 Å². The number of benzene rings is 3. The molecular formula is C20H21NO3. The molecular weight excluding hydrogens is 302 g/mol. The average Bonchev–Trinajstić information content (AvgIpc) is 2.65. The highest BCUT2D eigenvalue weighted by molar-refractivity contribution is 5.88. The fourth-order valence-electron chi connectivity index (χ4n) is 2.83. The highest BCUT2D eigenvalue weighted by Gasteiger charge is 2.10. The van der Waals surface area contributed by atoms with Crippen LogP contribution in [0.4, 0.5) is 5.69 Å². The van der Waals surface area contributed by atoms with Crippen LogP contribution in [0.25, 0.3) is 10.8 Å². The highest BCUT2D eigenvalue weighted by Crippen LogP contribution is 2.32. The maximum absolute atomic E-state index is 5.55. The zero-order chi connectivity index (χ0) is 16.9. The minimum Gasteiger partial charge on any atom is -0.497 e. The van der Waals surface area contributed by atoms with Crippen LogP contribution < -0.4 is 19.5 Å². The van der Waals surface area contributed by atoms with E-state index in [1.807, 2.05) is 36.4 Å². The molecule has 0 aliphatic heterocycles. The molecule has 4 nitrogen and oxygen atoms in total. The Hall–Kier alpha value is -2.88. The standard InChI is InChI=1S/C20H21NO3/c1-22-15-9-11-20(24-3)18(12-15)21-13-17-16-7-5-4-6-14(16)8-10-19(17)23-2/h4-12,21H,13H2,1-3H3. The summed E-state index contributed by atoms with van der Waals surface area (Å²) < 4.78 is 16.3. The molecule has 0 bridgehead atoms. The molecule has 0 aliphatic rings.